The summed E-state index contributed by atoms with van der Waals surface area (Å²) in [5.41, 5.74) is 1.38. The molecule has 2 heterocycles. The van der Waals surface area contributed by atoms with Gasteiger partial charge >= 0.3 is 6.18 Å². The van der Waals surface area contributed by atoms with Gasteiger partial charge in [0.2, 0.25) is 6.79 Å². The predicted octanol–water partition coefficient (Wildman–Crippen LogP) is 6.13. The Morgan fingerprint density at radius 2 is 1.82 bits per heavy atom. The highest BCUT2D eigenvalue weighted by molar-refractivity contribution is 7.09. The van der Waals surface area contributed by atoms with Gasteiger partial charge < -0.3 is 14.2 Å². The molecule has 0 aliphatic carbocycles. The Labute approximate surface area is 194 Å². The molecular weight excluding hydrogens is 453 g/mol. The quantitative estimate of drug-likeness (QED) is 0.370. The summed E-state index contributed by atoms with van der Waals surface area (Å²) in [6.45, 7) is 7.16. The van der Waals surface area contributed by atoms with E-state index in [-0.39, 0.29) is 13.4 Å². The second-order valence-corrected chi connectivity index (χ2v) is 9.24. The number of halogens is 3. The maximum atomic E-state index is 12.7. The fraction of sp³-hybridized carbons (Fsp3) is 0.375. The van der Waals surface area contributed by atoms with Crippen LogP contribution in [-0.2, 0) is 25.9 Å². The van der Waals surface area contributed by atoms with E-state index in [1.54, 1.807) is 0 Å². The summed E-state index contributed by atoms with van der Waals surface area (Å²) in [5.74, 6) is 2.41. The smallest absolute Gasteiger partial charge is 0.416 e. The zero-order valence-corrected chi connectivity index (χ0v) is 19.2. The third kappa shape index (κ3) is 6.39. The third-order valence-corrected chi connectivity index (χ3v) is 5.87. The Morgan fingerprint density at radius 1 is 1.06 bits per heavy atom. The standard InChI is InChI=1S/C24H25F3N2O3S/c1-16(2)10-29(11-17-3-8-21-22(9-17)32-15-31-21)12-19-14-33-23(28-19)13-30-20-6-4-18(5-7-20)24(25,26)27/h3-9,14,16H,10-13,15H2,1-2H3. The van der Waals surface area contributed by atoms with Crippen LogP contribution in [0.3, 0.4) is 0 Å². The first-order chi connectivity index (χ1) is 15.8. The molecule has 0 amide bonds. The Kier molecular flexibility index (Phi) is 7.09. The zero-order valence-electron chi connectivity index (χ0n) is 18.4. The van der Waals surface area contributed by atoms with E-state index >= 15 is 0 Å². The second-order valence-electron chi connectivity index (χ2n) is 8.29. The number of thiazole rings is 1. The molecule has 0 spiro atoms. The first-order valence-electron chi connectivity index (χ1n) is 10.6. The Hall–Kier alpha value is -2.78. The molecule has 176 valence electrons. The van der Waals surface area contributed by atoms with Crippen LogP contribution in [-0.4, -0.2) is 23.2 Å². The molecule has 1 aromatic heterocycles. The number of fused-ring (bicyclic) bond motifs is 1. The van der Waals surface area contributed by atoms with Crippen molar-refractivity contribution in [1.29, 1.82) is 0 Å². The number of aromatic nitrogens is 1. The minimum atomic E-state index is -4.36. The Bertz CT molecular complexity index is 1070. The van der Waals surface area contributed by atoms with Crippen molar-refractivity contribution in [3.63, 3.8) is 0 Å². The summed E-state index contributed by atoms with van der Waals surface area (Å²) in [6.07, 6.45) is -4.36. The monoisotopic (exact) mass is 478 g/mol. The number of rotatable bonds is 9. The van der Waals surface area contributed by atoms with Gasteiger partial charge in [-0.1, -0.05) is 19.9 Å². The first-order valence-corrected chi connectivity index (χ1v) is 11.5. The van der Waals surface area contributed by atoms with Crippen molar-refractivity contribution in [2.45, 2.75) is 39.7 Å². The molecule has 2 aromatic carbocycles. The van der Waals surface area contributed by atoms with Gasteiger partial charge in [0.05, 0.1) is 11.3 Å². The van der Waals surface area contributed by atoms with E-state index in [1.807, 2.05) is 23.6 Å². The van der Waals surface area contributed by atoms with Crippen molar-refractivity contribution < 1.29 is 27.4 Å². The number of ether oxygens (including phenoxy) is 3. The summed E-state index contributed by atoms with van der Waals surface area (Å²) < 4.78 is 54.6. The lowest BCUT2D eigenvalue weighted by Crippen LogP contribution is -2.27. The van der Waals surface area contributed by atoms with Crippen LogP contribution in [0, 0.1) is 5.92 Å². The van der Waals surface area contributed by atoms with Crippen molar-refractivity contribution in [3.8, 4) is 17.2 Å². The lowest BCUT2D eigenvalue weighted by molar-refractivity contribution is -0.137. The van der Waals surface area contributed by atoms with E-state index in [0.717, 1.165) is 53.0 Å². The van der Waals surface area contributed by atoms with E-state index in [4.69, 9.17) is 14.2 Å². The third-order valence-electron chi connectivity index (χ3n) is 5.00. The van der Waals surface area contributed by atoms with Crippen LogP contribution < -0.4 is 14.2 Å². The van der Waals surface area contributed by atoms with Crippen LogP contribution in [0.25, 0.3) is 0 Å². The normalized spacial score (nSPS) is 13.2. The molecule has 5 nitrogen and oxygen atoms in total. The number of alkyl halides is 3. The maximum Gasteiger partial charge on any atom is 0.416 e. The SMILES string of the molecule is CC(C)CN(Cc1ccc2c(c1)OCO2)Cc1csc(COc2ccc(C(F)(F)F)cc2)n1. The van der Waals surface area contributed by atoms with Crippen LogP contribution in [0.5, 0.6) is 17.2 Å². The molecule has 3 aromatic rings. The number of benzene rings is 2. The summed E-state index contributed by atoms with van der Waals surface area (Å²) in [7, 11) is 0. The lowest BCUT2D eigenvalue weighted by atomic mass is 10.1. The topological polar surface area (TPSA) is 43.8 Å². The van der Waals surface area contributed by atoms with Crippen molar-refractivity contribution in [2.75, 3.05) is 13.3 Å². The molecule has 0 saturated heterocycles. The van der Waals surface area contributed by atoms with Crippen molar-refractivity contribution in [3.05, 3.63) is 69.7 Å². The summed E-state index contributed by atoms with van der Waals surface area (Å²) in [5, 5.41) is 2.77. The van der Waals surface area contributed by atoms with Crippen LogP contribution in [0.15, 0.2) is 47.8 Å². The number of hydrogen-bond acceptors (Lipinski definition) is 6. The Morgan fingerprint density at radius 3 is 2.55 bits per heavy atom. The van der Waals surface area contributed by atoms with Crippen LogP contribution in [0.1, 0.15) is 35.7 Å². The molecule has 1 aliphatic rings. The van der Waals surface area contributed by atoms with E-state index in [9.17, 15) is 13.2 Å². The van der Waals surface area contributed by atoms with E-state index in [2.05, 4.69) is 23.7 Å². The molecule has 1 aliphatic heterocycles. The van der Waals surface area contributed by atoms with Crippen LogP contribution in [0.2, 0.25) is 0 Å². The fourth-order valence-electron chi connectivity index (χ4n) is 3.60. The Balaban J connectivity index is 1.35. The van der Waals surface area contributed by atoms with Crippen molar-refractivity contribution in [1.82, 2.24) is 9.88 Å². The molecule has 33 heavy (non-hydrogen) atoms. The summed E-state index contributed by atoms with van der Waals surface area (Å²) in [6, 6.07) is 10.7. The van der Waals surface area contributed by atoms with Crippen molar-refractivity contribution >= 4 is 11.3 Å². The van der Waals surface area contributed by atoms with Gasteiger partial charge in [0.15, 0.2) is 11.5 Å². The fourth-order valence-corrected chi connectivity index (χ4v) is 4.30. The molecule has 4 rings (SSSR count). The summed E-state index contributed by atoms with van der Waals surface area (Å²) in [4.78, 5) is 6.99. The van der Waals surface area contributed by atoms with Gasteiger partial charge in [-0.3, -0.25) is 4.90 Å². The van der Waals surface area contributed by atoms with E-state index in [0.29, 0.717) is 18.2 Å². The molecule has 0 bridgehead atoms. The molecular formula is C24H25F3N2O3S. The van der Waals surface area contributed by atoms with Gasteiger partial charge in [0.25, 0.3) is 0 Å². The van der Waals surface area contributed by atoms with Crippen LogP contribution >= 0.6 is 11.3 Å². The molecule has 0 radical (unpaired) electrons. The maximum absolute atomic E-state index is 12.7. The largest absolute Gasteiger partial charge is 0.486 e. The highest BCUT2D eigenvalue weighted by Crippen LogP contribution is 2.33. The minimum absolute atomic E-state index is 0.211. The van der Waals surface area contributed by atoms with Gasteiger partial charge in [-0.05, 0) is 47.9 Å². The summed E-state index contributed by atoms with van der Waals surface area (Å²) >= 11 is 1.48. The van der Waals surface area contributed by atoms with Gasteiger partial charge in [-0.15, -0.1) is 11.3 Å². The number of nitrogens with zero attached hydrogens (tertiary/aromatic N) is 2. The molecule has 0 fully saturated rings. The van der Waals surface area contributed by atoms with E-state index < -0.39 is 11.7 Å². The lowest BCUT2D eigenvalue weighted by Gasteiger charge is -2.23. The van der Waals surface area contributed by atoms with Gasteiger partial charge in [-0.25, -0.2) is 4.98 Å². The average molecular weight is 479 g/mol. The molecule has 0 N–H and O–H groups in total. The zero-order chi connectivity index (χ0) is 23.4. The van der Waals surface area contributed by atoms with Gasteiger partial charge in [0.1, 0.15) is 17.4 Å². The predicted molar refractivity (Wildman–Crippen MR) is 119 cm³/mol. The second kappa shape index (κ2) is 10.0. The van der Waals surface area contributed by atoms with E-state index in [1.165, 1.54) is 23.5 Å². The molecule has 0 unspecified atom stereocenters. The molecule has 0 saturated carbocycles. The van der Waals surface area contributed by atoms with Crippen LogP contribution in [0.4, 0.5) is 13.2 Å². The minimum Gasteiger partial charge on any atom is -0.486 e. The van der Waals surface area contributed by atoms with Gasteiger partial charge in [0, 0.05) is 25.0 Å². The average Bonchev–Trinajstić information content (AvgIpc) is 3.40. The number of hydrogen-bond donors (Lipinski definition) is 0. The first kappa shape index (κ1) is 23.4. The molecule has 9 heteroatoms. The van der Waals surface area contributed by atoms with Crippen molar-refractivity contribution in [2.24, 2.45) is 5.92 Å². The van der Waals surface area contributed by atoms with Gasteiger partial charge in [-0.2, -0.15) is 13.2 Å². The highest BCUT2D eigenvalue weighted by atomic mass is 32.1. The highest BCUT2D eigenvalue weighted by Gasteiger charge is 2.30. The molecule has 0 atom stereocenters.